The van der Waals surface area contributed by atoms with Crippen LogP contribution in [0.25, 0.3) is 22.5 Å². The van der Waals surface area contributed by atoms with Crippen molar-refractivity contribution in [2.45, 2.75) is 19.8 Å². The zero-order valence-corrected chi connectivity index (χ0v) is 16.1. The van der Waals surface area contributed by atoms with Gasteiger partial charge in [-0.3, -0.25) is 4.79 Å². The normalized spacial score (nSPS) is 14.8. The molecule has 0 unspecified atom stereocenters. The predicted molar refractivity (Wildman–Crippen MR) is 110 cm³/mol. The summed E-state index contributed by atoms with van der Waals surface area (Å²) in [6, 6.07) is 17.8. The van der Waals surface area contributed by atoms with Crippen molar-refractivity contribution < 1.29 is 9.53 Å². The molecule has 4 rings (SSSR count). The topological polar surface area (TPSA) is 58.2 Å². The second-order valence-corrected chi connectivity index (χ2v) is 7.34. The van der Waals surface area contributed by atoms with Crippen molar-refractivity contribution in [1.82, 2.24) is 14.9 Å². The molecule has 1 saturated heterocycles. The monoisotopic (exact) mass is 375 g/mol. The molecule has 5 nitrogen and oxygen atoms in total. The van der Waals surface area contributed by atoms with Gasteiger partial charge in [0, 0.05) is 24.2 Å². The maximum atomic E-state index is 12.5. The summed E-state index contributed by atoms with van der Waals surface area (Å²) in [7, 11) is 0. The van der Waals surface area contributed by atoms with Gasteiger partial charge in [-0.1, -0.05) is 49.4 Å². The molecule has 0 radical (unpaired) electrons. The van der Waals surface area contributed by atoms with Crippen molar-refractivity contribution in [3.63, 3.8) is 0 Å². The van der Waals surface area contributed by atoms with Crippen molar-refractivity contribution in [3.8, 4) is 28.3 Å². The van der Waals surface area contributed by atoms with E-state index in [-0.39, 0.29) is 12.5 Å². The molecular weight excluding hydrogens is 350 g/mol. The molecule has 0 spiro atoms. The number of ether oxygens (including phenoxy) is 1. The number of benzene rings is 2. The molecule has 0 saturated carbocycles. The van der Waals surface area contributed by atoms with Gasteiger partial charge < -0.3 is 14.6 Å². The maximum absolute atomic E-state index is 12.5. The second kappa shape index (κ2) is 8.30. The summed E-state index contributed by atoms with van der Waals surface area (Å²) in [5.41, 5.74) is 3.69. The lowest BCUT2D eigenvalue weighted by atomic mass is 9.99. The Hall–Kier alpha value is -3.08. The van der Waals surface area contributed by atoms with Crippen molar-refractivity contribution in [1.29, 1.82) is 0 Å². The van der Waals surface area contributed by atoms with Crippen molar-refractivity contribution in [2.24, 2.45) is 5.92 Å². The summed E-state index contributed by atoms with van der Waals surface area (Å²) in [6.45, 7) is 3.94. The molecule has 2 heterocycles. The van der Waals surface area contributed by atoms with E-state index in [0.717, 1.165) is 48.4 Å². The Balaban J connectivity index is 1.52. The highest BCUT2D eigenvalue weighted by Gasteiger charge is 2.21. The molecule has 28 heavy (non-hydrogen) atoms. The summed E-state index contributed by atoms with van der Waals surface area (Å²) >= 11 is 0. The lowest BCUT2D eigenvalue weighted by Gasteiger charge is -2.30. The van der Waals surface area contributed by atoms with E-state index in [1.165, 1.54) is 0 Å². The molecule has 144 valence electrons. The lowest BCUT2D eigenvalue weighted by molar-refractivity contribution is -0.134. The number of aromatic nitrogens is 2. The summed E-state index contributed by atoms with van der Waals surface area (Å²) in [5.74, 6) is 1.43. The highest BCUT2D eigenvalue weighted by molar-refractivity contribution is 5.82. The van der Waals surface area contributed by atoms with E-state index >= 15 is 0 Å². The first-order valence-corrected chi connectivity index (χ1v) is 9.81. The molecule has 1 fully saturated rings. The molecule has 0 atom stereocenters. The van der Waals surface area contributed by atoms with Crippen molar-refractivity contribution in [2.75, 3.05) is 19.7 Å². The maximum Gasteiger partial charge on any atom is 0.260 e. The van der Waals surface area contributed by atoms with Crippen molar-refractivity contribution in [3.05, 3.63) is 60.9 Å². The number of hydrogen-bond acceptors (Lipinski definition) is 3. The van der Waals surface area contributed by atoms with Gasteiger partial charge in [-0.05, 0) is 30.9 Å². The number of hydrogen-bond donors (Lipinski definition) is 1. The minimum Gasteiger partial charge on any atom is -0.483 e. The van der Waals surface area contributed by atoms with Crippen LogP contribution in [-0.4, -0.2) is 40.5 Å². The molecular formula is C23H25N3O2. The first-order valence-electron chi connectivity index (χ1n) is 9.81. The summed E-state index contributed by atoms with van der Waals surface area (Å²) in [6.07, 6.45) is 3.82. The average Bonchev–Trinajstić information content (AvgIpc) is 3.23. The van der Waals surface area contributed by atoms with Gasteiger partial charge in [0.25, 0.3) is 5.91 Å². The molecule has 2 aromatic carbocycles. The van der Waals surface area contributed by atoms with Crippen LogP contribution in [0.1, 0.15) is 19.8 Å². The average molecular weight is 375 g/mol. The number of para-hydroxylation sites is 1. The Morgan fingerprint density at radius 3 is 2.61 bits per heavy atom. The molecule has 5 heteroatoms. The summed E-state index contributed by atoms with van der Waals surface area (Å²) < 4.78 is 5.95. The van der Waals surface area contributed by atoms with Crippen LogP contribution >= 0.6 is 0 Å². The van der Waals surface area contributed by atoms with Crippen LogP contribution in [0.3, 0.4) is 0 Å². The van der Waals surface area contributed by atoms with Crippen LogP contribution in [0, 0.1) is 5.92 Å². The standard InChI is InChI=1S/C23H25N3O2/c1-17-11-13-26(14-12-17)21(27)15-28-20-10-6-5-9-19(20)23-22(24-16-25-23)18-7-3-2-4-8-18/h2-10,16-17H,11-15H2,1H3,(H,24,25). The van der Waals surface area contributed by atoms with Gasteiger partial charge in [0.15, 0.2) is 6.61 Å². The third-order valence-corrected chi connectivity index (χ3v) is 5.33. The number of nitrogens with zero attached hydrogens (tertiary/aromatic N) is 2. The van der Waals surface area contributed by atoms with Gasteiger partial charge in [0.1, 0.15) is 5.75 Å². The molecule has 0 bridgehead atoms. The largest absolute Gasteiger partial charge is 0.483 e. The Morgan fingerprint density at radius 1 is 1.11 bits per heavy atom. The first-order chi connectivity index (χ1) is 13.7. The molecule has 1 aliphatic heterocycles. The zero-order chi connectivity index (χ0) is 19.3. The molecule has 1 N–H and O–H groups in total. The summed E-state index contributed by atoms with van der Waals surface area (Å²) in [5, 5.41) is 0. The molecule has 0 aliphatic carbocycles. The fourth-order valence-electron chi connectivity index (χ4n) is 3.60. The van der Waals surface area contributed by atoms with E-state index in [9.17, 15) is 4.79 Å². The minimum atomic E-state index is 0.0506. The Morgan fingerprint density at radius 2 is 1.82 bits per heavy atom. The Labute approximate surface area is 165 Å². The van der Waals surface area contributed by atoms with Crippen LogP contribution in [0.15, 0.2) is 60.9 Å². The highest BCUT2D eigenvalue weighted by Crippen LogP contribution is 2.34. The van der Waals surface area contributed by atoms with Gasteiger partial charge >= 0.3 is 0 Å². The van der Waals surface area contributed by atoms with Crippen LogP contribution < -0.4 is 4.74 Å². The third-order valence-electron chi connectivity index (χ3n) is 5.33. The van der Waals surface area contributed by atoms with Crippen LogP contribution in [0.2, 0.25) is 0 Å². The Kier molecular flexibility index (Phi) is 5.42. The highest BCUT2D eigenvalue weighted by atomic mass is 16.5. The predicted octanol–water partition coefficient (Wildman–Crippen LogP) is 4.38. The first kappa shape index (κ1) is 18.3. The van der Waals surface area contributed by atoms with E-state index in [1.807, 2.05) is 59.5 Å². The quantitative estimate of drug-likeness (QED) is 0.720. The number of H-pyrrole nitrogens is 1. The van der Waals surface area contributed by atoms with Gasteiger partial charge in [0.05, 0.1) is 17.7 Å². The van der Waals surface area contributed by atoms with E-state index in [0.29, 0.717) is 11.7 Å². The number of nitrogens with one attached hydrogen (secondary N) is 1. The Bertz CT molecular complexity index is 928. The number of aromatic amines is 1. The summed E-state index contributed by atoms with van der Waals surface area (Å²) in [4.78, 5) is 22.2. The van der Waals surface area contributed by atoms with Gasteiger partial charge in [-0.2, -0.15) is 0 Å². The number of piperidine rings is 1. The van der Waals surface area contributed by atoms with Crippen LogP contribution in [-0.2, 0) is 4.79 Å². The smallest absolute Gasteiger partial charge is 0.260 e. The van der Waals surface area contributed by atoms with Crippen molar-refractivity contribution >= 4 is 5.91 Å². The minimum absolute atomic E-state index is 0.0506. The molecule has 1 amide bonds. The van der Waals surface area contributed by atoms with E-state index in [2.05, 4.69) is 16.9 Å². The lowest BCUT2D eigenvalue weighted by Crippen LogP contribution is -2.40. The number of amides is 1. The van der Waals surface area contributed by atoms with Crippen LogP contribution in [0.4, 0.5) is 0 Å². The zero-order valence-electron chi connectivity index (χ0n) is 16.1. The number of carbonyl (C=O) groups excluding carboxylic acids is 1. The van der Waals surface area contributed by atoms with Gasteiger partial charge in [0.2, 0.25) is 0 Å². The second-order valence-electron chi connectivity index (χ2n) is 7.34. The van der Waals surface area contributed by atoms with E-state index < -0.39 is 0 Å². The van der Waals surface area contributed by atoms with Gasteiger partial charge in [-0.25, -0.2) is 4.98 Å². The fraction of sp³-hybridized carbons (Fsp3) is 0.304. The number of carbonyl (C=O) groups is 1. The third kappa shape index (κ3) is 3.93. The SMILES string of the molecule is CC1CCN(C(=O)COc2ccccc2-c2[nH]cnc2-c2ccccc2)CC1. The van der Waals surface area contributed by atoms with Gasteiger partial charge in [-0.15, -0.1) is 0 Å². The molecule has 1 aromatic heterocycles. The van der Waals surface area contributed by atoms with Crippen LogP contribution in [0.5, 0.6) is 5.75 Å². The molecule has 1 aliphatic rings. The number of rotatable bonds is 5. The number of imidazole rings is 1. The fourth-order valence-corrected chi connectivity index (χ4v) is 3.60. The molecule has 3 aromatic rings. The number of likely N-dealkylation sites (tertiary alicyclic amines) is 1. The van der Waals surface area contributed by atoms with E-state index in [4.69, 9.17) is 4.74 Å². The van der Waals surface area contributed by atoms with E-state index in [1.54, 1.807) is 6.33 Å².